The number of amides is 2. The number of benzene rings is 1. The molecule has 1 fully saturated rings. The molecule has 1 N–H and O–H groups in total. The Kier molecular flexibility index (Phi) is 5.49. The maximum Gasteiger partial charge on any atom is 0.409 e. The third kappa shape index (κ3) is 4.00. The first-order chi connectivity index (χ1) is 12.5. The lowest BCUT2D eigenvalue weighted by Gasteiger charge is -2.35. The summed E-state index contributed by atoms with van der Waals surface area (Å²) in [7, 11) is 0. The van der Waals surface area contributed by atoms with Crippen LogP contribution in [0.2, 0.25) is 0 Å². The maximum atomic E-state index is 12.6. The summed E-state index contributed by atoms with van der Waals surface area (Å²) in [5.74, 6) is 0.291. The number of piperidine rings is 1. The number of hydrogen-bond acceptors (Lipinski definition) is 4. The van der Waals surface area contributed by atoms with Crippen LogP contribution in [0.4, 0.5) is 4.79 Å². The van der Waals surface area contributed by atoms with Gasteiger partial charge < -0.3 is 19.4 Å². The molecule has 2 amide bonds. The van der Waals surface area contributed by atoms with Crippen molar-refractivity contribution in [3.63, 3.8) is 0 Å². The van der Waals surface area contributed by atoms with Crippen molar-refractivity contribution in [2.45, 2.75) is 39.7 Å². The summed E-state index contributed by atoms with van der Waals surface area (Å²) >= 11 is 0. The van der Waals surface area contributed by atoms with E-state index in [1.165, 1.54) is 0 Å². The molecule has 0 radical (unpaired) electrons. The van der Waals surface area contributed by atoms with Gasteiger partial charge in [0.15, 0.2) is 5.76 Å². The fraction of sp³-hybridized carbons (Fsp3) is 0.500. The molecule has 3 rings (SSSR count). The van der Waals surface area contributed by atoms with Crippen LogP contribution in [0.25, 0.3) is 11.0 Å². The fourth-order valence-corrected chi connectivity index (χ4v) is 3.47. The summed E-state index contributed by atoms with van der Waals surface area (Å²) in [6.45, 7) is 7.46. The lowest BCUT2D eigenvalue weighted by Crippen LogP contribution is -2.48. The van der Waals surface area contributed by atoms with Crippen LogP contribution in [-0.2, 0) is 4.74 Å². The van der Waals surface area contributed by atoms with E-state index in [4.69, 9.17) is 9.15 Å². The van der Waals surface area contributed by atoms with Crippen LogP contribution < -0.4 is 5.32 Å². The molecule has 2 atom stereocenters. The second kappa shape index (κ2) is 7.81. The normalized spacial score (nSPS) is 18.6. The minimum Gasteiger partial charge on any atom is -0.451 e. The Hall–Kier alpha value is -2.50. The van der Waals surface area contributed by atoms with E-state index in [-0.39, 0.29) is 24.0 Å². The zero-order valence-electron chi connectivity index (χ0n) is 15.6. The molecule has 0 bridgehead atoms. The number of rotatable bonds is 4. The zero-order chi connectivity index (χ0) is 18.7. The largest absolute Gasteiger partial charge is 0.451 e. The Morgan fingerprint density at radius 3 is 2.96 bits per heavy atom. The maximum absolute atomic E-state index is 12.6. The van der Waals surface area contributed by atoms with Crippen LogP contribution in [0.15, 0.2) is 28.7 Å². The second-order valence-corrected chi connectivity index (χ2v) is 6.96. The van der Waals surface area contributed by atoms with Crippen molar-refractivity contribution in [2.24, 2.45) is 5.92 Å². The molecular formula is C20H26N2O4. The number of fused-ring (bicyclic) bond motifs is 1. The number of hydrogen-bond donors (Lipinski definition) is 1. The standard InChI is InChI=1S/C20H26N2O4/c1-4-25-20(24)22-9-5-6-15(12-22)14(3)21-19(23)18-11-16-10-13(2)7-8-17(16)26-18/h7-8,10-11,14-15H,4-6,9,12H2,1-3H3,(H,21,23)/t14-,15-/m0/s1. The number of carbonyl (C=O) groups is 2. The van der Waals surface area contributed by atoms with Crippen molar-refractivity contribution in [1.29, 1.82) is 0 Å². The molecule has 6 nitrogen and oxygen atoms in total. The molecule has 0 unspecified atom stereocenters. The number of nitrogens with zero attached hydrogens (tertiary/aromatic N) is 1. The molecule has 1 saturated heterocycles. The van der Waals surface area contributed by atoms with Gasteiger partial charge in [0.05, 0.1) is 6.61 Å². The minimum absolute atomic E-state index is 0.0605. The quantitative estimate of drug-likeness (QED) is 0.904. The Balaban J connectivity index is 1.63. The highest BCUT2D eigenvalue weighted by molar-refractivity contribution is 5.96. The molecule has 1 aliphatic rings. The summed E-state index contributed by atoms with van der Waals surface area (Å²) in [6, 6.07) is 7.55. The highest BCUT2D eigenvalue weighted by atomic mass is 16.6. The van der Waals surface area contributed by atoms with Gasteiger partial charge in [-0.3, -0.25) is 4.79 Å². The molecule has 140 valence electrons. The molecule has 0 aliphatic carbocycles. The van der Waals surface area contributed by atoms with Gasteiger partial charge in [0.25, 0.3) is 5.91 Å². The van der Waals surface area contributed by atoms with Gasteiger partial charge in [-0.05, 0) is 57.7 Å². The van der Waals surface area contributed by atoms with E-state index < -0.39 is 0 Å². The van der Waals surface area contributed by atoms with Crippen LogP contribution in [0.1, 0.15) is 42.8 Å². The van der Waals surface area contributed by atoms with Crippen molar-refractivity contribution in [3.8, 4) is 0 Å². The SMILES string of the molecule is CCOC(=O)N1CCC[C@H]([C@H](C)NC(=O)c2cc3cc(C)ccc3o2)C1. The van der Waals surface area contributed by atoms with Gasteiger partial charge in [0.2, 0.25) is 0 Å². The number of ether oxygens (including phenoxy) is 1. The Labute approximate surface area is 153 Å². The van der Waals surface area contributed by atoms with E-state index in [9.17, 15) is 9.59 Å². The minimum atomic E-state index is -0.275. The van der Waals surface area contributed by atoms with Gasteiger partial charge in [-0.25, -0.2) is 4.79 Å². The molecule has 6 heteroatoms. The van der Waals surface area contributed by atoms with E-state index in [1.807, 2.05) is 32.0 Å². The van der Waals surface area contributed by atoms with E-state index in [2.05, 4.69) is 5.32 Å². The average molecular weight is 358 g/mol. The van der Waals surface area contributed by atoms with E-state index >= 15 is 0 Å². The van der Waals surface area contributed by atoms with Crippen LogP contribution in [0.5, 0.6) is 0 Å². The van der Waals surface area contributed by atoms with Crippen LogP contribution in [0.3, 0.4) is 0 Å². The molecule has 0 spiro atoms. The summed E-state index contributed by atoms with van der Waals surface area (Å²) in [5, 5.41) is 3.95. The lowest BCUT2D eigenvalue weighted by molar-refractivity contribution is 0.0779. The number of carbonyl (C=O) groups excluding carboxylic acids is 2. The van der Waals surface area contributed by atoms with Crippen molar-refractivity contribution in [1.82, 2.24) is 10.2 Å². The van der Waals surface area contributed by atoms with Crippen molar-refractivity contribution < 1.29 is 18.7 Å². The number of aryl methyl sites for hydroxylation is 1. The Morgan fingerprint density at radius 1 is 1.38 bits per heavy atom. The predicted molar refractivity (Wildman–Crippen MR) is 99.2 cm³/mol. The summed E-state index contributed by atoms with van der Waals surface area (Å²) < 4.78 is 10.8. The highest BCUT2D eigenvalue weighted by Gasteiger charge is 2.29. The number of nitrogens with one attached hydrogen (secondary N) is 1. The predicted octanol–water partition coefficient (Wildman–Crippen LogP) is 3.73. The Morgan fingerprint density at radius 2 is 2.19 bits per heavy atom. The second-order valence-electron chi connectivity index (χ2n) is 6.96. The van der Waals surface area contributed by atoms with Crippen LogP contribution in [0, 0.1) is 12.8 Å². The molecule has 2 heterocycles. The summed E-state index contributed by atoms with van der Waals surface area (Å²) in [6.07, 6.45) is 1.60. The smallest absolute Gasteiger partial charge is 0.409 e. The van der Waals surface area contributed by atoms with Gasteiger partial charge in [-0.1, -0.05) is 11.6 Å². The molecule has 0 saturated carbocycles. The first kappa shape index (κ1) is 18.3. The molecule has 1 aromatic heterocycles. The zero-order valence-corrected chi connectivity index (χ0v) is 15.6. The molecule has 2 aromatic rings. The van der Waals surface area contributed by atoms with Crippen molar-refractivity contribution in [3.05, 3.63) is 35.6 Å². The molecule has 1 aromatic carbocycles. The van der Waals surface area contributed by atoms with Crippen LogP contribution >= 0.6 is 0 Å². The number of furan rings is 1. The van der Waals surface area contributed by atoms with Crippen molar-refractivity contribution >= 4 is 23.0 Å². The summed E-state index contributed by atoms with van der Waals surface area (Å²) in [5.41, 5.74) is 1.83. The molecular weight excluding hydrogens is 332 g/mol. The highest BCUT2D eigenvalue weighted by Crippen LogP contribution is 2.23. The van der Waals surface area contributed by atoms with Gasteiger partial charge in [-0.15, -0.1) is 0 Å². The first-order valence-corrected chi connectivity index (χ1v) is 9.20. The van der Waals surface area contributed by atoms with E-state index in [0.717, 1.165) is 23.8 Å². The molecule has 1 aliphatic heterocycles. The van der Waals surface area contributed by atoms with Crippen LogP contribution in [-0.4, -0.2) is 42.6 Å². The third-order valence-electron chi connectivity index (χ3n) is 4.95. The summed E-state index contributed by atoms with van der Waals surface area (Å²) in [4.78, 5) is 26.2. The molecule has 26 heavy (non-hydrogen) atoms. The first-order valence-electron chi connectivity index (χ1n) is 9.20. The van der Waals surface area contributed by atoms with E-state index in [0.29, 0.717) is 31.0 Å². The van der Waals surface area contributed by atoms with Gasteiger partial charge in [0, 0.05) is 24.5 Å². The van der Waals surface area contributed by atoms with Crippen molar-refractivity contribution in [2.75, 3.05) is 19.7 Å². The van der Waals surface area contributed by atoms with Gasteiger partial charge >= 0.3 is 6.09 Å². The Bertz CT molecular complexity index is 798. The topological polar surface area (TPSA) is 71.8 Å². The van der Waals surface area contributed by atoms with E-state index in [1.54, 1.807) is 17.9 Å². The average Bonchev–Trinajstić information content (AvgIpc) is 3.05. The number of likely N-dealkylation sites (tertiary alicyclic amines) is 1. The monoisotopic (exact) mass is 358 g/mol. The lowest BCUT2D eigenvalue weighted by atomic mass is 9.91. The third-order valence-corrected chi connectivity index (χ3v) is 4.95. The fourth-order valence-electron chi connectivity index (χ4n) is 3.47. The van der Waals surface area contributed by atoms with Gasteiger partial charge in [0.1, 0.15) is 5.58 Å². The van der Waals surface area contributed by atoms with Gasteiger partial charge in [-0.2, -0.15) is 0 Å².